The van der Waals surface area contributed by atoms with Crippen molar-refractivity contribution in [2.24, 2.45) is 0 Å². The predicted molar refractivity (Wildman–Crippen MR) is 98.0 cm³/mol. The summed E-state index contributed by atoms with van der Waals surface area (Å²) >= 11 is 0. The molecular weight excluding hydrogens is 317 g/mol. The van der Waals surface area contributed by atoms with E-state index in [0.29, 0.717) is 18.7 Å². The molecular formula is C20H24FN3O. The summed E-state index contributed by atoms with van der Waals surface area (Å²) in [5, 5.41) is 2.97. The van der Waals surface area contributed by atoms with E-state index in [1.54, 1.807) is 23.1 Å². The Balaban J connectivity index is 1.64. The first kappa shape index (κ1) is 17.3. The van der Waals surface area contributed by atoms with E-state index in [9.17, 15) is 9.18 Å². The van der Waals surface area contributed by atoms with Crippen LogP contribution in [0.15, 0.2) is 48.5 Å². The van der Waals surface area contributed by atoms with Gasteiger partial charge in [-0.2, -0.15) is 0 Å². The van der Waals surface area contributed by atoms with Crippen molar-refractivity contribution in [2.45, 2.75) is 32.0 Å². The highest BCUT2D eigenvalue weighted by Crippen LogP contribution is 2.29. The predicted octanol–water partition coefficient (Wildman–Crippen LogP) is 3.77. The molecule has 0 unspecified atom stereocenters. The van der Waals surface area contributed by atoms with Gasteiger partial charge in [0.15, 0.2) is 0 Å². The molecule has 0 saturated heterocycles. The molecule has 2 aromatic rings. The summed E-state index contributed by atoms with van der Waals surface area (Å²) in [7, 11) is 3.97. The highest BCUT2D eigenvalue weighted by atomic mass is 19.1. The number of amides is 2. The number of hydrogen-bond donors (Lipinski definition) is 1. The number of nitrogens with zero attached hydrogens (tertiary/aromatic N) is 2. The van der Waals surface area contributed by atoms with Gasteiger partial charge in [0.25, 0.3) is 0 Å². The Morgan fingerprint density at radius 3 is 2.60 bits per heavy atom. The summed E-state index contributed by atoms with van der Waals surface area (Å²) in [6.45, 7) is 0.766. The average Bonchev–Trinajstić information content (AvgIpc) is 3.44. The first-order valence-corrected chi connectivity index (χ1v) is 8.59. The van der Waals surface area contributed by atoms with Crippen molar-refractivity contribution in [3.05, 3.63) is 65.5 Å². The molecule has 25 heavy (non-hydrogen) atoms. The second kappa shape index (κ2) is 7.55. The number of hydrogen-bond acceptors (Lipinski definition) is 2. The number of anilines is 1. The maximum Gasteiger partial charge on any atom is 0.318 e. The van der Waals surface area contributed by atoms with Crippen LogP contribution in [0.3, 0.4) is 0 Å². The molecule has 0 radical (unpaired) electrons. The molecule has 4 nitrogen and oxygen atoms in total. The van der Waals surface area contributed by atoms with Crippen LogP contribution in [0.4, 0.5) is 14.9 Å². The van der Waals surface area contributed by atoms with Gasteiger partial charge in [-0.05, 0) is 36.6 Å². The van der Waals surface area contributed by atoms with Gasteiger partial charge in [-0.15, -0.1) is 0 Å². The van der Waals surface area contributed by atoms with Crippen molar-refractivity contribution < 1.29 is 9.18 Å². The van der Waals surface area contributed by atoms with E-state index >= 15 is 0 Å². The van der Waals surface area contributed by atoms with Gasteiger partial charge in [0.1, 0.15) is 5.82 Å². The van der Waals surface area contributed by atoms with Gasteiger partial charge in [0.2, 0.25) is 0 Å². The molecule has 5 heteroatoms. The summed E-state index contributed by atoms with van der Waals surface area (Å²) in [6.07, 6.45) is 1.97. The normalized spacial score (nSPS) is 13.4. The molecule has 3 rings (SSSR count). The maximum absolute atomic E-state index is 13.9. The van der Waals surface area contributed by atoms with Crippen LogP contribution < -0.4 is 10.2 Å². The smallest absolute Gasteiger partial charge is 0.318 e. The highest BCUT2D eigenvalue weighted by molar-refractivity contribution is 5.75. The molecule has 1 aliphatic carbocycles. The molecule has 132 valence electrons. The van der Waals surface area contributed by atoms with E-state index in [4.69, 9.17) is 0 Å². The Morgan fingerprint density at radius 2 is 1.92 bits per heavy atom. The zero-order chi connectivity index (χ0) is 17.8. The van der Waals surface area contributed by atoms with Gasteiger partial charge in [-0.3, -0.25) is 0 Å². The standard InChI is InChI=1S/C20H24FN3O/c1-23(2)18-8-5-6-15(12-18)13-22-20(25)24(17-10-11-17)14-16-7-3-4-9-19(16)21/h3-9,12,17H,10-11,13-14H2,1-2H3,(H,22,25). The van der Waals surface area contributed by atoms with Crippen LogP contribution in [0.25, 0.3) is 0 Å². The third kappa shape index (κ3) is 4.50. The fourth-order valence-corrected chi connectivity index (χ4v) is 2.79. The summed E-state index contributed by atoms with van der Waals surface area (Å²) in [4.78, 5) is 16.4. The van der Waals surface area contributed by atoms with Gasteiger partial charge >= 0.3 is 6.03 Å². The van der Waals surface area contributed by atoms with Crippen LogP contribution in [0.2, 0.25) is 0 Å². The van der Waals surface area contributed by atoms with E-state index in [1.165, 1.54) is 6.07 Å². The largest absolute Gasteiger partial charge is 0.378 e. The number of carbonyl (C=O) groups excluding carboxylic acids is 1. The molecule has 1 saturated carbocycles. The number of rotatable bonds is 6. The lowest BCUT2D eigenvalue weighted by molar-refractivity contribution is 0.191. The molecule has 0 atom stereocenters. The van der Waals surface area contributed by atoms with Crippen molar-refractivity contribution >= 4 is 11.7 Å². The average molecular weight is 341 g/mol. The van der Waals surface area contributed by atoms with Crippen LogP contribution in [0.5, 0.6) is 0 Å². The Labute approximate surface area is 148 Å². The molecule has 0 heterocycles. The number of nitrogens with one attached hydrogen (secondary N) is 1. The quantitative estimate of drug-likeness (QED) is 0.868. The Morgan fingerprint density at radius 1 is 1.16 bits per heavy atom. The van der Waals surface area contributed by atoms with Gasteiger partial charge < -0.3 is 15.1 Å². The van der Waals surface area contributed by atoms with E-state index < -0.39 is 0 Å². The molecule has 1 aliphatic rings. The Kier molecular flexibility index (Phi) is 5.22. The molecule has 2 aromatic carbocycles. The molecule has 0 spiro atoms. The lowest BCUT2D eigenvalue weighted by Gasteiger charge is -2.23. The fraction of sp³-hybridized carbons (Fsp3) is 0.350. The Bertz CT molecular complexity index is 743. The minimum Gasteiger partial charge on any atom is -0.378 e. The maximum atomic E-state index is 13.9. The topological polar surface area (TPSA) is 35.6 Å². The molecule has 1 fully saturated rings. The SMILES string of the molecule is CN(C)c1cccc(CNC(=O)N(Cc2ccccc2F)C2CC2)c1. The summed E-state index contributed by atoms with van der Waals surface area (Å²) in [6, 6.07) is 14.8. The molecule has 0 bridgehead atoms. The van der Waals surface area contributed by atoms with Gasteiger partial charge in [0.05, 0.1) is 6.54 Å². The van der Waals surface area contributed by atoms with E-state index in [1.807, 2.05) is 37.2 Å². The molecule has 0 aromatic heterocycles. The first-order chi connectivity index (χ1) is 12.0. The zero-order valence-electron chi connectivity index (χ0n) is 14.7. The Hall–Kier alpha value is -2.56. The monoisotopic (exact) mass is 341 g/mol. The van der Waals surface area contributed by atoms with Crippen LogP contribution in [-0.2, 0) is 13.1 Å². The fourth-order valence-electron chi connectivity index (χ4n) is 2.79. The van der Waals surface area contributed by atoms with Crippen LogP contribution in [0, 0.1) is 5.82 Å². The first-order valence-electron chi connectivity index (χ1n) is 8.59. The molecule has 2 amide bonds. The summed E-state index contributed by atoms with van der Waals surface area (Å²) in [5.74, 6) is -0.264. The van der Waals surface area contributed by atoms with Gasteiger partial charge in [0, 0.05) is 37.9 Å². The second-order valence-corrected chi connectivity index (χ2v) is 6.67. The van der Waals surface area contributed by atoms with Crippen LogP contribution in [-0.4, -0.2) is 31.1 Å². The second-order valence-electron chi connectivity index (χ2n) is 6.67. The molecule has 0 aliphatic heterocycles. The van der Waals surface area contributed by atoms with Crippen LogP contribution in [0.1, 0.15) is 24.0 Å². The third-order valence-electron chi connectivity index (χ3n) is 4.42. The van der Waals surface area contributed by atoms with Crippen LogP contribution >= 0.6 is 0 Å². The van der Waals surface area contributed by atoms with Crippen molar-refractivity contribution in [1.82, 2.24) is 10.2 Å². The van der Waals surface area contributed by atoms with E-state index in [-0.39, 0.29) is 17.9 Å². The highest BCUT2D eigenvalue weighted by Gasteiger charge is 2.32. The minimum absolute atomic E-state index is 0.138. The van der Waals surface area contributed by atoms with E-state index in [2.05, 4.69) is 11.4 Å². The minimum atomic E-state index is -0.264. The summed E-state index contributed by atoms with van der Waals surface area (Å²) in [5.41, 5.74) is 2.69. The molecule has 1 N–H and O–H groups in total. The van der Waals surface area contributed by atoms with Crippen molar-refractivity contribution in [3.63, 3.8) is 0 Å². The number of halogens is 1. The zero-order valence-corrected chi connectivity index (χ0v) is 14.7. The lowest BCUT2D eigenvalue weighted by Crippen LogP contribution is -2.40. The van der Waals surface area contributed by atoms with Crippen molar-refractivity contribution in [1.29, 1.82) is 0 Å². The van der Waals surface area contributed by atoms with Crippen molar-refractivity contribution in [2.75, 3.05) is 19.0 Å². The van der Waals surface area contributed by atoms with Crippen molar-refractivity contribution in [3.8, 4) is 0 Å². The number of urea groups is 1. The number of benzene rings is 2. The summed E-state index contributed by atoms with van der Waals surface area (Å²) < 4.78 is 13.9. The van der Waals surface area contributed by atoms with Gasteiger partial charge in [-0.1, -0.05) is 30.3 Å². The number of carbonyl (C=O) groups is 1. The third-order valence-corrected chi connectivity index (χ3v) is 4.42. The van der Waals surface area contributed by atoms with Gasteiger partial charge in [-0.25, -0.2) is 9.18 Å². The lowest BCUT2D eigenvalue weighted by atomic mass is 10.2. The van der Waals surface area contributed by atoms with E-state index in [0.717, 1.165) is 24.1 Å².